The minimum Gasteiger partial charge on any atom is -0.495 e. The lowest BCUT2D eigenvalue weighted by atomic mass is 10.3. The Labute approximate surface area is 142 Å². The van der Waals surface area contributed by atoms with Crippen LogP contribution in [-0.2, 0) is 10.0 Å². The largest absolute Gasteiger partial charge is 0.495 e. The Bertz CT molecular complexity index is 848. The molecule has 1 aromatic carbocycles. The lowest BCUT2D eigenvalue weighted by Gasteiger charge is -2.13. The summed E-state index contributed by atoms with van der Waals surface area (Å²) in [5.41, 5.74) is 5.28. The van der Waals surface area contributed by atoms with E-state index in [-0.39, 0.29) is 32.0 Å². The van der Waals surface area contributed by atoms with Crippen LogP contribution >= 0.6 is 22.9 Å². The maximum atomic E-state index is 12.4. The Morgan fingerprint density at radius 1 is 1.22 bits per heavy atom. The Morgan fingerprint density at radius 3 is 2.39 bits per heavy atom. The second-order valence-corrected chi connectivity index (χ2v) is 7.30. The first-order valence-electron chi connectivity index (χ1n) is 6.11. The number of hydrogen-bond donors (Lipinski definition) is 2. The lowest BCUT2D eigenvalue weighted by Crippen LogP contribution is -2.13. The van der Waals surface area contributed by atoms with Gasteiger partial charge in [0.2, 0.25) is 0 Å². The number of primary amides is 1. The van der Waals surface area contributed by atoms with Crippen LogP contribution in [0.5, 0.6) is 11.5 Å². The maximum Gasteiger partial charge on any atom is 0.262 e. The molecule has 23 heavy (non-hydrogen) atoms. The summed E-state index contributed by atoms with van der Waals surface area (Å²) in [4.78, 5) is 11.2. The Kier molecular flexibility index (Phi) is 5.03. The van der Waals surface area contributed by atoms with Crippen molar-refractivity contribution in [2.24, 2.45) is 5.73 Å². The number of thiophene rings is 1. The van der Waals surface area contributed by atoms with Crippen LogP contribution < -0.4 is 19.9 Å². The zero-order chi connectivity index (χ0) is 17.2. The number of carbonyl (C=O) groups excluding carboxylic acids is 1. The molecule has 0 aliphatic carbocycles. The van der Waals surface area contributed by atoms with Crippen LogP contribution in [0.2, 0.25) is 5.02 Å². The topological polar surface area (TPSA) is 108 Å². The third kappa shape index (κ3) is 3.69. The van der Waals surface area contributed by atoms with E-state index in [1.165, 1.54) is 37.8 Å². The molecule has 1 aromatic heterocycles. The van der Waals surface area contributed by atoms with E-state index in [1.807, 2.05) is 0 Å². The summed E-state index contributed by atoms with van der Waals surface area (Å²) in [5.74, 6) is -0.180. The zero-order valence-corrected chi connectivity index (χ0v) is 14.5. The SMILES string of the molecule is COc1cc(NS(=O)(=O)c2csc(C(N)=O)c2)c(OC)cc1Cl. The molecule has 7 nitrogen and oxygen atoms in total. The van der Waals surface area contributed by atoms with Gasteiger partial charge >= 0.3 is 0 Å². The van der Waals surface area contributed by atoms with Gasteiger partial charge in [0.05, 0.1) is 34.7 Å². The van der Waals surface area contributed by atoms with Crippen molar-refractivity contribution < 1.29 is 22.7 Å². The van der Waals surface area contributed by atoms with Gasteiger partial charge in [0, 0.05) is 17.5 Å². The molecule has 1 heterocycles. The van der Waals surface area contributed by atoms with E-state index < -0.39 is 15.9 Å². The van der Waals surface area contributed by atoms with Gasteiger partial charge in [0.25, 0.3) is 15.9 Å². The number of nitrogens with two attached hydrogens (primary N) is 1. The fourth-order valence-corrected chi connectivity index (χ4v) is 4.15. The van der Waals surface area contributed by atoms with Gasteiger partial charge in [-0.2, -0.15) is 0 Å². The number of nitrogens with one attached hydrogen (secondary N) is 1. The Hall–Kier alpha value is -1.97. The van der Waals surface area contributed by atoms with Gasteiger partial charge in [-0.1, -0.05) is 11.6 Å². The van der Waals surface area contributed by atoms with Crippen molar-refractivity contribution in [3.63, 3.8) is 0 Å². The highest BCUT2D eigenvalue weighted by molar-refractivity contribution is 7.92. The molecule has 0 bridgehead atoms. The first kappa shape index (κ1) is 17.4. The predicted octanol–water partition coefficient (Wildman–Crippen LogP) is 2.32. The zero-order valence-electron chi connectivity index (χ0n) is 12.1. The summed E-state index contributed by atoms with van der Waals surface area (Å²) in [7, 11) is -1.14. The molecule has 1 amide bonds. The number of sulfonamides is 1. The Balaban J connectivity index is 2.41. The molecule has 10 heteroatoms. The van der Waals surface area contributed by atoms with Crippen molar-refractivity contribution in [3.8, 4) is 11.5 Å². The van der Waals surface area contributed by atoms with E-state index in [9.17, 15) is 13.2 Å². The van der Waals surface area contributed by atoms with Gasteiger partial charge in [0.15, 0.2) is 0 Å². The third-order valence-corrected chi connectivity index (χ3v) is 5.58. The van der Waals surface area contributed by atoms with Gasteiger partial charge in [0.1, 0.15) is 11.5 Å². The average Bonchev–Trinajstić information content (AvgIpc) is 2.99. The van der Waals surface area contributed by atoms with Gasteiger partial charge in [-0.15, -0.1) is 11.3 Å². The number of halogens is 1. The summed E-state index contributed by atoms with van der Waals surface area (Å²) in [6.45, 7) is 0. The molecule has 0 saturated heterocycles. The Morgan fingerprint density at radius 2 is 1.87 bits per heavy atom. The molecule has 0 fully saturated rings. The molecule has 2 aromatic rings. The average molecular weight is 377 g/mol. The standard InChI is InChI=1S/C13H13ClN2O5S2/c1-20-10-5-9(11(21-2)4-8(10)14)16-23(18,19)7-3-12(13(15)17)22-6-7/h3-6,16H,1-2H3,(H2,15,17). The van der Waals surface area contributed by atoms with Crippen LogP contribution in [0, 0.1) is 0 Å². The molecule has 0 radical (unpaired) electrons. The summed E-state index contributed by atoms with van der Waals surface area (Å²) >= 11 is 6.92. The van der Waals surface area contributed by atoms with Gasteiger partial charge in [-0.3, -0.25) is 9.52 Å². The van der Waals surface area contributed by atoms with Crippen molar-refractivity contribution in [1.29, 1.82) is 0 Å². The van der Waals surface area contributed by atoms with E-state index in [0.29, 0.717) is 0 Å². The number of hydrogen-bond acceptors (Lipinski definition) is 6. The number of benzene rings is 1. The second kappa shape index (κ2) is 6.65. The molecule has 0 atom stereocenters. The number of carbonyl (C=O) groups is 1. The molecule has 124 valence electrons. The van der Waals surface area contributed by atoms with E-state index >= 15 is 0 Å². The van der Waals surface area contributed by atoms with E-state index in [0.717, 1.165) is 11.3 Å². The highest BCUT2D eigenvalue weighted by Gasteiger charge is 2.21. The second-order valence-electron chi connectivity index (χ2n) is 4.30. The summed E-state index contributed by atoms with van der Waals surface area (Å²) < 4.78 is 37.4. The highest BCUT2D eigenvalue weighted by Crippen LogP contribution is 2.37. The maximum absolute atomic E-state index is 12.4. The molecule has 0 spiro atoms. The molecule has 0 unspecified atom stereocenters. The monoisotopic (exact) mass is 376 g/mol. The molecule has 0 aliphatic rings. The molecule has 3 N–H and O–H groups in total. The fraction of sp³-hybridized carbons (Fsp3) is 0.154. The lowest BCUT2D eigenvalue weighted by molar-refractivity contribution is 0.100. The van der Waals surface area contributed by atoms with E-state index in [1.54, 1.807) is 0 Å². The smallest absolute Gasteiger partial charge is 0.262 e. The summed E-state index contributed by atoms with van der Waals surface area (Å²) in [6.07, 6.45) is 0. The van der Waals surface area contributed by atoms with Crippen LogP contribution in [0.15, 0.2) is 28.5 Å². The van der Waals surface area contributed by atoms with Crippen LogP contribution in [-0.4, -0.2) is 28.5 Å². The summed E-state index contributed by atoms with van der Waals surface area (Å²) in [5, 5.41) is 1.60. The molecular weight excluding hydrogens is 364 g/mol. The van der Waals surface area contributed by atoms with Crippen LogP contribution in [0.1, 0.15) is 9.67 Å². The van der Waals surface area contributed by atoms with Gasteiger partial charge < -0.3 is 15.2 Å². The van der Waals surface area contributed by atoms with Crippen molar-refractivity contribution in [2.45, 2.75) is 4.90 Å². The van der Waals surface area contributed by atoms with Crippen molar-refractivity contribution >= 4 is 44.6 Å². The van der Waals surface area contributed by atoms with Crippen LogP contribution in [0.4, 0.5) is 5.69 Å². The quantitative estimate of drug-likeness (QED) is 0.804. The minimum absolute atomic E-state index is 0.0766. The normalized spacial score (nSPS) is 11.1. The predicted molar refractivity (Wildman–Crippen MR) is 88.2 cm³/mol. The van der Waals surface area contributed by atoms with Crippen LogP contribution in [0.25, 0.3) is 0 Å². The van der Waals surface area contributed by atoms with E-state index in [2.05, 4.69) is 4.72 Å². The minimum atomic E-state index is -3.92. The van der Waals surface area contributed by atoms with Gasteiger partial charge in [-0.25, -0.2) is 8.42 Å². The number of rotatable bonds is 6. The van der Waals surface area contributed by atoms with Crippen LogP contribution in [0.3, 0.4) is 0 Å². The van der Waals surface area contributed by atoms with E-state index in [4.69, 9.17) is 26.8 Å². The van der Waals surface area contributed by atoms with Gasteiger partial charge in [-0.05, 0) is 6.07 Å². The van der Waals surface area contributed by atoms with Crippen molar-refractivity contribution in [2.75, 3.05) is 18.9 Å². The highest BCUT2D eigenvalue weighted by atomic mass is 35.5. The molecule has 0 aliphatic heterocycles. The molecule has 0 saturated carbocycles. The number of ether oxygens (including phenoxy) is 2. The summed E-state index contributed by atoms with van der Waals surface area (Å²) in [6, 6.07) is 4.04. The number of methoxy groups -OCH3 is 2. The first-order chi connectivity index (χ1) is 10.8. The molecular formula is C13H13ClN2O5S2. The number of amides is 1. The molecule has 2 rings (SSSR count). The number of anilines is 1. The fourth-order valence-electron chi connectivity index (χ4n) is 1.73. The van der Waals surface area contributed by atoms with Crippen molar-refractivity contribution in [3.05, 3.63) is 33.5 Å². The first-order valence-corrected chi connectivity index (χ1v) is 8.85. The third-order valence-electron chi connectivity index (χ3n) is 2.85. The van der Waals surface area contributed by atoms with Crippen molar-refractivity contribution in [1.82, 2.24) is 0 Å².